The number of fused-ring (bicyclic) bond motifs is 6. The van der Waals surface area contributed by atoms with Crippen LogP contribution in [0, 0.1) is 11.3 Å². The van der Waals surface area contributed by atoms with E-state index in [1.54, 1.807) is 0 Å². The van der Waals surface area contributed by atoms with E-state index in [2.05, 4.69) is 207 Å². The summed E-state index contributed by atoms with van der Waals surface area (Å²) in [5.41, 5.74) is 15.7. The molecule has 3 aromatic heterocycles. The van der Waals surface area contributed by atoms with Gasteiger partial charge < -0.3 is 9.13 Å². The summed E-state index contributed by atoms with van der Waals surface area (Å²) in [5.74, 6) is 1.65. The van der Waals surface area contributed by atoms with Crippen LogP contribution in [0.4, 0.5) is 0 Å². The largest absolute Gasteiger partial charge is 0.309 e. The molecule has 0 unspecified atom stereocenters. The first kappa shape index (κ1) is 48.1. The van der Waals surface area contributed by atoms with Crippen LogP contribution < -0.4 is 0 Å². The summed E-state index contributed by atoms with van der Waals surface area (Å²) in [6.45, 7) is 27.2. The number of nitriles is 1. The van der Waals surface area contributed by atoms with Gasteiger partial charge in [-0.15, -0.1) is 0 Å². The van der Waals surface area contributed by atoms with Crippen molar-refractivity contribution in [1.29, 1.82) is 5.26 Å². The molecule has 6 heteroatoms. The number of hydrogen-bond donors (Lipinski definition) is 0. The predicted molar refractivity (Wildman–Crippen MR) is 310 cm³/mol. The van der Waals surface area contributed by atoms with Crippen LogP contribution in [0.5, 0.6) is 0 Å². The van der Waals surface area contributed by atoms with Gasteiger partial charge in [-0.05, 0) is 122 Å². The fourth-order valence-electron chi connectivity index (χ4n) is 10.5. The van der Waals surface area contributed by atoms with Gasteiger partial charge >= 0.3 is 0 Å². The number of hydrogen-bond acceptors (Lipinski definition) is 4. The van der Waals surface area contributed by atoms with E-state index in [4.69, 9.17) is 15.0 Å². The van der Waals surface area contributed by atoms with Gasteiger partial charge in [0.05, 0.1) is 33.3 Å². The molecule has 0 amide bonds. The third-order valence-electron chi connectivity index (χ3n) is 14.9. The summed E-state index contributed by atoms with van der Waals surface area (Å²) in [5, 5.41) is 16.5. The molecule has 0 saturated heterocycles. The molecule has 0 spiro atoms. The van der Waals surface area contributed by atoms with Gasteiger partial charge in [0.2, 0.25) is 0 Å². The van der Waals surface area contributed by atoms with Crippen molar-refractivity contribution in [2.75, 3.05) is 0 Å². The number of nitrogens with zero attached hydrogens (tertiary/aromatic N) is 6. The van der Waals surface area contributed by atoms with E-state index in [0.717, 1.165) is 72.0 Å². The Labute approximate surface area is 436 Å². The fraction of sp³-hybridized carbons (Fsp3) is 0.235. The number of benzene rings is 8. The lowest BCUT2D eigenvalue weighted by atomic mass is 9.85. The summed E-state index contributed by atoms with van der Waals surface area (Å²) in [6.07, 6.45) is 0. The van der Waals surface area contributed by atoms with Crippen molar-refractivity contribution >= 4 is 43.6 Å². The second kappa shape index (κ2) is 17.5. The van der Waals surface area contributed by atoms with Gasteiger partial charge in [-0.2, -0.15) is 5.26 Å². The molecule has 0 aliphatic heterocycles. The average Bonchev–Trinajstić information content (AvgIpc) is 3.90. The fourth-order valence-corrected chi connectivity index (χ4v) is 10.5. The topological polar surface area (TPSA) is 72.3 Å². The molecule has 0 radical (unpaired) electrons. The Morgan fingerprint density at radius 3 is 1.14 bits per heavy atom. The minimum absolute atomic E-state index is 0.0420. The third-order valence-corrected chi connectivity index (χ3v) is 14.9. The van der Waals surface area contributed by atoms with Gasteiger partial charge in [0.25, 0.3) is 0 Å². The van der Waals surface area contributed by atoms with Crippen LogP contribution in [0.15, 0.2) is 170 Å². The van der Waals surface area contributed by atoms with E-state index in [1.165, 1.54) is 33.0 Å². The highest BCUT2D eigenvalue weighted by Gasteiger charge is 2.27. The number of aromatic nitrogens is 5. The zero-order valence-electron chi connectivity index (χ0n) is 44.8. The van der Waals surface area contributed by atoms with Crippen LogP contribution in [0.1, 0.15) is 111 Å². The van der Waals surface area contributed by atoms with Gasteiger partial charge in [-0.3, -0.25) is 0 Å². The molecule has 0 saturated carbocycles. The normalized spacial score (nSPS) is 12.6. The Bertz CT molecular complexity index is 3840. The highest BCUT2D eigenvalue weighted by atomic mass is 15.0. The Morgan fingerprint density at radius 2 is 0.743 bits per heavy atom. The Balaban J connectivity index is 1.23. The molecule has 366 valence electrons. The average molecular weight is 965 g/mol. The van der Waals surface area contributed by atoms with Crippen molar-refractivity contribution in [2.24, 2.45) is 0 Å². The molecule has 0 fully saturated rings. The van der Waals surface area contributed by atoms with Gasteiger partial charge in [0.15, 0.2) is 17.5 Å². The van der Waals surface area contributed by atoms with E-state index in [-0.39, 0.29) is 21.7 Å². The zero-order valence-corrected chi connectivity index (χ0v) is 44.8. The molecule has 3 heterocycles. The lowest BCUT2D eigenvalue weighted by Crippen LogP contribution is -2.10. The maximum atomic E-state index is 11.8. The first-order valence-electron chi connectivity index (χ1n) is 25.9. The number of rotatable bonds is 6. The van der Waals surface area contributed by atoms with Crippen LogP contribution in [-0.2, 0) is 21.7 Å². The SMILES string of the molecule is CC(C)(C)c1ccc2c(c1)c1cc(C(C)(C)C)ccc1n2-c1ccc(-c2nc(-c3ccccc3)nc(-c3ccccc3)n2)c(-c2cccc(-n3c4ccc(C(C)(C)C)cc4c4cc(C(C)(C)C)ccc43)c2C#N)c1. The first-order chi connectivity index (χ1) is 35.2. The lowest BCUT2D eigenvalue weighted by Gasteiger charge is -2.20. The van der Waals surface area contributed by atoms with E-state index >= 15 is 0 Å². The monoisotopic (exact) mass is 965 g/mol. The molecule has 74 heavy (non-hydrogen) atoms. The van der Waals surface area contributed by atoms with Crippen molar-refractivity contribution in [3.05, 3.63) is 198 Å². The maximum Gasteiger partial charge on any atom is 0.164 e. The van der Waals surface area contributed by atoms with Crippen molar-refractivity contribution in [2.45, 2.75) is 105 Å². The Hall–Kier alpha value is -8.14. The van der Waals surface area contributed by atoms with E-state index in [9.17, 15) is 5.26 Å². The molecule has 0 bridgehead atoms. The molecule has 6 nitrogen and oxygen atoms in total. The summed E-state index contributed by atoms with van der Waals surface area (Å²) in [7, 11) is 0. The minimum Gasteiger partial charge on any atom is -0.309 e. The third kappa shape index (κ3) is 8.44. The highest BCUT2D eigenvalue weighted by molar-refractivity contribution is 6.11. The Morgan fingerprint density at radius 1 is 0.351 bits per heavy atom. The minimum atomic E-state index is -0.0562. The smallest absolute Gasteiger partial charge is 0.164 e. The zero-order chi connectivity index (χ0) is 52.1. The van der Waals surface area contributed by atoms with Crippen LogP contribution in [0.2, 0.25) is 0 Å². The Kier molecular flexibility index (Phi) is 11.4. The van der Waals surface area contributed by atoms with E-state index in [0.29, 0.717) is 23.0 Å². The first-order valence-corrected chi connectivity index (χ1v) is 25.9. The molecule has 11 rings (SSSR count). The van der Waals surface area contributed by atoms with Crippen LogP contribution in [0.25, 0.3) is 100 Å². The van der Waals surface area contributed by atoms with Crippen LogP contribution in [-0.4, -0.2) is 24.1 Å². The summed E-state index contributed by atoms with van der Waals surface area (Å²) in [6, 6.07) is 63.4. The van der Waals surface area contributed by atoms with Crippen molar-refractivity contribution < 1.29 is 0 Å². The summed E-state index contributed by atoms with van der Waals surface area (Å²) < 4.78 is 4.68. The van der Waals surface area contributed by atoms with Gasteiger partial charge in [0.1, 0.15) is 6.07 Å². The van der Waals surface area contributed by atoms with Gasteiger partial charge in [-0.25, -0.2) is 15.0 Å². The predicted octanol–water partition coefficient (Wildman–Crippen LogP) is 17.8. The molecular formula is C68H64N6. The molecule has 0 aliphatic rings. The quantitative estimate of drug-likeness (QED) is 0.166. The molecule has 0 N–H and O–H groups in total. The van der Waals surface area contributed by atoms with Crippen molar-refractivity contribution in [3.63, 3.8) is 0 Å². The van der Waals surface area contributed by atoms with Gasteiger partial charge in [0, 0.05) is 49.5 Å². The maximum absolute atomic E-state index is 11.8. The molecule has 0 aliphatic carbocycles. The van der Waals surface area contributed by atoms with Gasteiger partial charge in [-0.1, -0.05) is 180 Å². The summed E-state index contributed by atoms with van der Waals surface area (Å²) >= 11 is 0. The standard InChI is InChI=1S/C68H64N6/c1-65(2,3)44-26-32-58-52(36-44)53-37-45(66(4,5)6)27-33-59(53)73(58)48-30-31-50(64-71-62(42-20-15-13-16-21-42)70-63(72-64)43-22-17-14-18-23-43)51(40-48)49-24-19-25-57(56(49)41-69)74-60-34-28-46(67(7,8)9)38-54(60)55-39-47(68(10,11)12)29-35-61(55)74/h13-40H,1-12H3. The lowest BCUT2D eigenvalue weighted by molar-refractivity contribution is 0.590. The summed E-state index contributed by atoms with van der Waals surface area (Å²) in [4.78, 5) is 15.7. The molecule has 11 aromatic rings. The van der Waals surface area contributed by atoms with Crippen molar-refractivity contribution in [3.8, 4) is 62.7 Å². The highest BCUT2D eigenvalue weighted by Crippen LogP contribution is 2.44. The van der Waals surface area contributed by atoms with Crippen LogP contribution in [0.3, 0.4) is 0 Å². The van der Waals surface area contributed by atoms with E-state index in [1.807, 2.05) is 60.7 Å². The van der Waals surface area contributed by atoms with Crippen LogP contribution >= 0.6 is 0 Å². The molecule has 8 aromatic carbocycles. The second-order valence-corrected chi connectivity index (χ2v) is 24.2. The molecular weight excluding hydrogens is 901 g/mol. The molecule has 0 atom stereocenters. The second-order valence-electron chi connectivity index (χ2n) is 24.2. The van der Waals surface area contributed by atoms with Crippen molar-refractivity contribution in [1.82, 2.24) is 24.1 Å². The van der Waals surface area contributed by atoms with E-state index < -0.39 is 0 Å².